The number of nitrogens with zero attached hydrogens (tertiary/aromatic N) is 1. The van der Waals surface area contributed by atoms with Crippen LogP contribution in [0, 0.1) is 17.2 Å². The Bertz CT molecular complexity index is 1110. The second-order valence-electron chi connectivity index (χ2n) is 10.4. The topological polar surface area (TPSA) is 42.2 Å². The van der Waals surface area contributed by atoms with Crippen LogP contribution >= 0.6 is 0 Å². The highest BCUT2D eigenvalue weighted by molar-refractivity contribution is 6.99. The molecule has 0 radical (unpaired) electrons. The normalized spacial score (nSPS) is 19.5. The van der Waals surface area contributed by atoms with E-state index in [1.807, 2.05) is 18.2 Å². The molecule has 35 heavy (non-hydrogen) atoms. The van der Waals surface area contributed by atoms with E-state index in [2.05, 4.69) is 99.6 Å². The molecule has 3 aromatic carbocycles. The summed E-state index contributed by atoms with van der Waals surface area (Å²) in [6, 6.07) is 34.0. The molecule has 4 heteroatoms. The molecule has 0 N–H and O–H groups in total. The molecule has 1 aliphatic carbocycles. The molecule has 0 spiro atoms. The minimum atomic E-state index is -2.68. The van der Waals surface area contributed by atoms with Crippen molar-refractivity contribution in [2.75, 3.05) is 6.61 Å². The molecular formula is C31H35NO2Si. The number of nitriles is 1. The summed E-state index contributed by atoms with van der Waals surface area (Å²) in [7, 11) is -2.68. The summed E-state index contributed by atoms with van der Waals surface area (Å²) in [6.45, 7) is 8.12. The Kier molecular flexibility index (Phi) is 8.03. The number of hydrogen-bond donors (Lipinski definition) is 0. The lowest BCUT2D eigenvalue weighted by atomic mass is 10.1. The van der Waals surface area contributed by atoms with Crippen molar-refractivity contribution >= 4 is 18.7 Å². The standard InChI is InChI=1S/C31H35NO2Si/c1-31(2,3)35(28-15-9-5-10-16-28,29-17-11-6-12-18-29)34-30-22-26(19-20-32)21-27(30)24-33-23-25-13-7-4-8-14-25/h4-19,27,30H,21-24H2,1-3H3. The molecule has 0 saturated heterocycles. The van der Waals surface area contributed by atoms with E-state index in [4.69, 9.17) is 9.16 Å². The Labute approximate surface area is 211 Å². The highest BCUT2D eigenvalue weighted by Crippen LogP contribution is 2.42. The van der Waals surface area contributed by atoms with E-state index in [0.29, 0.717) is 13.2 Å². The molecule has 0 heterocycles. The van der Waals surface area contributed by atoms with Gasteiger partial charge in [0.05, 0.1) is 25.4 Å². The van der Waals surface area contributed by atoms with Crippen LogP contribution in [0.5, 0.6) is 0 Å². The Hall–Kier alpha value is -2.97. The lowest BCUT2D eigenvalue weighted by molar-refractivity contribution is 0.0427. The highest BCUT2D eigenvalue weighted by atomic mass is 28.4. The zero-order valence-corrected chi connectivity index (χ0v) is 22.0. The van der Waals surface area contributed by atoms with Crippen molar-refractivity contribution in [2.45, 2.75) is 51.4 Å². The molecule has 1 aliphatic rings. The van der Waals surface area contributed by atoms with Crippen LogP contribution in [-0.2, 0) is 15.8 Å². The van der Waals surface area contributed by atoms with Crippen LogP contribution in [0.1, 0.15) is 39.2 Å². The second kappa shape index (κ2) is 11.2. The van der Waals surface area contributed by atoms with Gasteiger partial charge in [-0.05, 0) is 33.8 Å². The summed E-state index contributed by atoms with van der Waals surface area (Å²) < 4.78 is 13.6. The van der Waals surface area contributed by atoms with Gasteiger partial charge in [0.25, 0.3) is 8.32 Å². The van der Waals surface area contributed by atoms with Crippen LogP contribution in [-0.4, -0.2) is 21.0 Å². The first-order chi connectivity index (χ1) is 16.9. The third kappa shape index (κ3) is 5.65. The molecule has 2 atom stereocenters. The zero-order chi connectivity index (χ0) is 24.7. The third-order valence-electron chi connectivity index (χ3n) is 6.97. The molecule has 0 bridgehead atoms. The monoisotopic (exact) mass is 481 g/mol. The van der Waals surface area contributed by atoms with Crippen molar-refractivity contribution in [3.8, 4) is 6.07 Å². The molecule has 0 aromatic heterocycles. The van der Waals surface area contributed by atoms with Crippen LogP contribution in [0.4, 0.5) is 0 Å². The minimum Gasteiger partial charge on any atom is -0.404 e. The van der Waals surface area contributed by atoms with Crippen molar-refractivity contribution < 1.29 is 9.16 Å². The first kappa shape index (κ1) is 25.1. The Balaban J connectivity index is 1.68. The minimum absolute atomic E-state index is 0.00308. The molecular weight excluding hydrogens is 446 g/mol. The van der Waals surface area contributed by atoms with Gasteiger partial charge in [-0.15, -0.1) is 0 Å². The van der Waals surface area contributed by atoms with E-state index in [1.54, 1.807) is 6.08 Å². The van der Waals surface area contributed by atoms with Crippen LogP contribution in [0.3, 0.4) is 0 Å². The summed E-state index contributed by atoms with van der Waals surface area (Å²) in [5.74, 6) is 0.208. The smallest absolute Gasteiger partial charge is 0.261 e. The lowest BCUT2D eigenvalue weighted by Gasteiger charge is -2.45. The summed E-state index contributed by atoms with van der Waals surface area (Å²) in [5, 5.41) is 11.8. The summed E-state index contributed by atoms with van der Waals surface area (Å²) >= 11 is 0. The van der Waals surface area contributed by atoms with E-state index in [-0.39, 0.29) is 17.1 Å². The Morgan fingerprint density at radius 1 is 0.857 bits per heavy atom. The SMILES string of the molecule is CC(C)(C)[Si](OC1CC(=CC#N)CC1COCc1ccccc1)(c1ccccc1)c1ccccc1. The van der Waals surface area contributed by atoms with Gasteiger partial charge in [0, 0.05) is 12.0 Å². The van der Waals surface area contributed by atoms with Gasteiger partial charge in [0.2, 0.25) is 0 Å². The van der Waals surface area contributed by atoms with Crippen LogP contribution in [0.15, 0.2) is 103 Å². The highest BCUT2D eigenvalue weighted by Gasteiger charge is 2.52. The lowest BCUT2D eigenvalue weighted by Crippen LogP contribution is -2.68. The first-order valence-electron chi connectivity index (χ1n) is 12.4. The molecule has 0 amide bonds. The molecule has 4 rings (SSSR count). The number of ether oxygens (including phenoxy) is 1. The van der Waals surface area contributed by atoms with Crippen LogP contribution in [0.25, 0.3) is 0 Å². The number of hydrogen-bond acceptors (Lipinski definition) is 3. The average Bonchev–Trinajstić information content (AvgIpc) is 3.24. The van der Waals surface area contributed by atoms with E-state index in [9.17, 15) is 5.26 Å². The van der Waals surface area contributed by atoms with Gasteiger partial charge in [0.15, 0.2) is 0 Å². The van der Waals surface area contributed by atoms with Gasteiger partial charge in [-0.25, -0.2) is 0 Å². The van der Waals surface area contributed by atoms with Crippen molar-refractivity contribution in [3.63, 3.8) is 0 Å². The molecule has 1 fully saturated rings. The predicted octanol–water partition coefficient (Wildman–Crippen LogP) is 6.01. The zero-order valence-electron chi connectivity index (χ0n) is 21.0. The van der Waals surface area contributed by atoms with Gasteiger partial charge in [-0.2, -0.15) is 5.26 Å². The van der Waals surface area contributed by atoms with Gasteiger partial charge in [0.1, 0.15) is 0 Å². The van der Waals surface area contributed by atoms with Crippen molar-refractivity contribution in [1.29, 1.82) is 5.26 Å². The summed E-state index contributed by atoms with van der Waals surface area (Å²) in [5.41, 5.74) is 2.33. The van der Waals surface area contributed by atoms with Gasteiger partial charge in [-0.1, -0.05) is 117 Å². The van der Waals surface area contributed by atoms with Gasteiger partial charge < -0.3 is 9.16 Å². The van der Waals surface area contributed by atoms with E-state index in [1.165, 1.54) is 15.9 Å². The van der Waals surface area contributed by atoms with Gasteiger partial charge >= 0.3 is 0 Å². The van der Waals surface area contributed by atoms with Gasteiger partial charge in [-0.3, -0.25) is 0 Å². The molecule has 2 unspecified atom stereocenters. The maximum absolute atomic E-state index is 9.35. The summed E-state index contributed by atoms with van der Waals surface area (Å²) in [4.78, 5) is 0. The van der Waals surface area contributed by atoms with Crippen LogP contribution in [0.2, 0.25) is 5.04 Å². The number of rotatable bonds is 8. The van der Waals surface area contributed by atoms with Crippen molar-refractivity contribution in [2.24, 2.45) is 5.92 Å². The maximum Gasteiger partial charge on any atom is 0.261 e. The van der Waals surface area contributed by atoms with E-state index in [0.717, 1.165) is 18.4 Å². The molecule has 1 saturated carbocycles. The number of benzene rings is 3. The van der Waals surface area contributed by atoms with E-state index < -0.39 is 8.32 Å². The maximum atomic E-state index is 9.35. The molecule has 0 aliphatic heterocycles. The average molecular weight is 482 g/mol. The Morgan fingerprint density at radius 2 is 1.40 bits per heavy atom. The first-order valence-corrected chi connectivity index (χ1v) is 14.3. The van der Waals surface area contributed by atoms with Crippen molar-refractivity contribution in [1.82, 2.24) is 0 Å². The van der Waals surface area contributed by atoms with Crippen molar-refractivity contribution in [3.05, 3.63) is 108 Å². The Morgan fingerprint density at radius 3 is 1.91 bits per heavy atom. The van der Waals surface area contributed by atoms with Crippen LogP contribution < -0.4 is 10.4 Å². The third-order valence-corrected chi connectivity index (χ3v) is 12.0. The summed E-state index contributed by atoms with van der Waals surface area (Å²) in [6.07, 6.45) is 3.32. The predicted molar refractivity (Wildman–Crippen MR) is 145 cm³/mol. The fraction of sp³-hybridized carbons (Fsp3) is 0.323. The van der Waals surface area contributed by atoms with E-state index >= 15 is 0 Å². The molecule has 180 valence electrons. The second-order valence-corrected chi connectivity index (χ2v) is 14.7. The number of allylic oxidation sites excluding steroid dienone is 1. The largest absolute Gasteiger partial charge is 0.404 e. The fourth-order valence-electron chi connectivity index (χ4n) is 5.31. The molecule has 3 aromatic rings. The quantitative estimate of drug-likeness (QED) is 0.292. The molecule has 3 nitrogen and oxygen atoms in total. The fourth-order valence-corrected chi connectivity index (χ4v) is 10.1.